The molecule has 138 valence electrons. The van der Waals surface area contributed by atoms with Crippen molar-refractivity contribution < 1.29 is 23.9 Å². The van der Waals surface area contributed by atoms with E-state index in [-0.39, 0.29) is 18.3 Å². The largest absolute Gasteiger partial charge is 0.491 e. The molecule has 0 bridgehead atoms. The molecule has 1 aliphatic rings. The predicted molar refractivity (Wildman–Crippen MR) is 90.5 cm³/mol. The highest BCUT2D eigenvalue weighted by Crippen LogP contribution is 2.30. The van der Waals surface area contributed by atoms with Gasteiger partial charge in [0.2, 0.25) is 0 Å². The number of ether oxygens (including phenoxy) is 3. The number of nitrogens with zero attached hydrogens (tertiary/aromatic N) is 2. The molecule has 1 heterocycles. The van der Waals surface area contributed by atoms with Crippen LogP contribution < -0.4 is 4.74 Å². The summed E-state index contributed by atoms with van der Waals surface area (Å²) in [7, 11) is 0. The number of non-ortho nitro benzene ring substituents is 1. The molecule has 1 aliphatic heterocycles. The maximum Gasteiger partial charge on any atom is 0.413 e. The Morgan fingerprint density at radius 1 is 1.44 bits per heavy atom. The second-order valence-electron chi connectivity index (χ2n) is 7.33. The molecule has 1 amide bonds. The lowest BCUT2D eigenvalue weighted by Gasteiger charge is -2.34. The van der Waals surface area contributed by atoms with Crippen LogP contribution in [0.5, 0.6) is 5.75 Å². The topological polar surface area (TPSA) is 91.1 Å². The number of carbonyl (C=O) groups excluding carboxylic acids is 1. The van der Waals surface area contributed by atoms with Crippen LogP contribution in [0.2, 0.25) is 0 Å². The van der Waals surface area contributed by atoms with Crippen LogP contribution in [0.1, 0.15) is 34.6 Å². The van der Waals surface area contributed by atoms with Crippen molar-refractivity contribution in [1.82, 2.24) is 4.90 Å². The van der Waals surface area contributed by atoms with Crippen molar-refractivity contribution in [2.24, 2.45) is 0 Å². The average molecular weight is 352 g/mol. The number of nitro benzene ring substituents is 1. The Morgan fingerprint density at radius 2 is 2.12 bits per heavy atom. The van der Waals surface area contributed by atoms with Crippen molar-refractivity contribution in [2.45, 2.75) is 52.0 Å². The van der Waals surface area contributed by atoms with Gasteiger partial charge in [-0.05, 0) is 40.7 Å². The number of hydrogen-bond donors (Lipinski definition) is 0. The van der Waals surface area contributed by atoms with Gasteiger partial charge >= 0.3 is 6.09 Å². The number of carbonyl (C=O) groups is 1. The summed E-state index contributed by atoms with van der Waals surface area (Å²) in [5.74, 6) is 0.364. The molecule has 1 fully saturated rings. The van der Waals surface area contributed by atoms with Crippen molar-refractivity contribution in [2.75, 3.05) is 13.2 Å². The molecule has 1 saturated heterocycles. The molecule has 0 unspecified atom stereocenters. The van der Waals surface area contributed by atoms with Crippen LogP contribution in [0.15, 0.2) is 24.3 Å². The molecule has 0 aromatic heterocycles. The summed E-state index contributed by atoms with van der Waals surface area (Å²) < 4.78 is 16.8. The Kier molecular flexibility index (Phi) is 5.22. The summed E-state index contributed by atoms with van der Waals surface area (Å²) in [6, 6.07) is 5.56. The number of benzene rings is 1. The molecule has 1 aromatic rings. The summed E-state index contributed by atoms with van der Waals surface area (Å²) in [5, 5.41) is 10.8. The molecule has 1 atom stereocenters. The molecule has 0 aliphatic carbocycles. The third-order valence-corrected chi connectivity index (χ3v) is 3.64. The fourth-order valence-electron chi connectivity index (χ4n) is 2.57. The summed E-state index contributed by atoms with van der Waals surface area (Å²) >= 11 is 0. The van der Waals surface area contributed by atoms with Crippen LogP contribution in [-0.4, -0.2) is 46.5 Å². The molecule has 0 spiro atoms. The van der Waals surface area contributed by atoms with Gasteiger partial charge < -0.3 is 14.2 Å². The minimum absolute atomic E-state index is 0.0514. The molecule has 8 heteroatoms. The lowest BCUT2D eigenvalue weighted by Crippen LogP contribution is -2.51. The van der Waals surface area contributed by atoms with E-state index in [1.54, 1.807) is 46.8 Å². The average Bonchev–Trinajstić information content (AvgIpc) is 2.78. The molecule has 1 aromatic carbocycles. The SMILES string of the molecule is CC(C)(C)OC(=O)N1[C@H](COc2cccc([N+](=O)[O-])c2)COC1(C)C. The van der Waals surface area contributed by atoms with Crippen molar-refractivity contribution >= 4 is 11.8 Å². The minimum atomic E-state index is -0.820. The molecule has 0 N–H and O–H groups in total. The smallest absolute Gasteiger partial charge is 0.413 e. The first-order valence-corrected chi connectivity index (χ1v) is 8.03. The van der Waals surface area contributed by atoms with Crippen molar-refractivity contribution in [3.63, 3.8) is 0 Å². The Labute approximate surface area is 146 Å². The van der Waals surface area contributed by atoms with Crippen molar-refractivity contribution in [1.29, 1.82) is 0 Å². The van der Waals surface area contributed by atoms with Crippen LogP contribution in [0.25, 0.3) is 0 Å². The standard InChI is InChI=1S/C17H24N2O6/c1-16(2,3)25-15(20)18-13(11-24-17(18,4)5)10-23-14-8-6-7-12(9-14)19(21)22/h6-9,13H,10-11H2,1-5H3/t13-/m1/s1. The van der Waals surface area contributed by atoms with E-state index in [0.29, 0.717) is 12.4 Å². The zero-order chi connectivity index (χ0) is 18.8. The Hall–Kier alpha value is -2.35. The minimum Gasteiger partial charge on any atom is -0.491 e. The quantitative estimate of drug-likeness (QED) is 0.609. The Morgan fingerprint density at radius 3 is 2.72 bits per heavy atom. The summed E-state index contributed by atoms with van der Waals surface area (Å²) in [5.41, 5.74) is -1.50. The van der Waals surface area contributed by atoms with E-state index in [0.717, 1.165) is 0 Å². The molecule has 0 saturated carbocycles. The normalized spacial score (nSPS) is 19.6. The van der Waals surface area contributed by atoms with Gasteiger partial charge in [-0.25, -0.2) is 4.79 Å². The molecule has 8 nitrogen and oxygen atoms in total. The monoisotopic (exact) mass is 352 g/mol. The highest BCUT2D eigenvalue weighted by atomic mass is 16.6. The molecular formula is C17H24N2O6. The van der Waals surface area contributed by atoms with Crippen LogP contribution in [0, 0.1) is 10.1 Å². The van der Waals surface area contributed by atoms with E-state index in [9.17, 15) is 14.9 Å². The Bertz CT molecular complexity index is 653. The van der Waals surface area contributed by atoms with Gasteiger partial charge in [0.15, 0.2) is 0 Å². The third-order valence-electron chi connectivity index (χ3n) is 3.64. The highest BCUT2D eigenvalue weighted by molar-refractivity contribution is 5.69. The number of hydrogen-bond acceptors (Lipinski definition) is 6. The van der Waals surface area contributed by atoms with Gasteiger partial charge in [-0.1, -0.05) is 6.07 Å². The van der Waals surface area contributed by atoms with Gasteiger partial charge in [-0.15, -0.1) is 0 Å². The van der Waals surface area contributed by atoms with E-state index in [4.69, 9.17) is 14.2 Å². The predicted octanol–water partition coefficient (Wildman–Crippen LogP) is 3.35. The fourth-order valence-corrected chi connectivity index (χ4v) is 2.57. The first-order valence-electron chi connectivity index (χ1n) is 8.03. The first-order chi connectivity index (χ1) is 11.5. The van der Waals surface area contributed by atoms with E-state index in [1.165, 1.54) is 17.0 Å². The molecule has 25 heavy (non-hydrogen) atoms. The van der Waals surface area contributed by atoms with Crippen LogP contribution in [0.3, 0.4) is 0 Å². The van der Waals surface area contributed by atoms with Crippen LogP contribution in [0.4, 0.5) is 10.5 Å². The van der Waals surface area contributed by atoms with Gasteiger partial charge in [-0.3, -0.25) is 15.0 Å². The van der Waals surface area contributed by atoms with Crippen LogP contribution >= 0.6 is 0 Å². The van der Waals surface area contributed by atoms with E-state index in [2.05, 4.69) is 0 Å². The number of nitro groups is 1. The second kappa shape index (κ2) is 6.87. The Balaban J connectivity index is 2.08. The lowest BCUT2D eigenvalue weighted by molar-refractivity contribution is -0.384. The third kappa shape index (κ3) is 4.82. The van der Waals surface area contributed by atoms with E-state index in [1.807, 2.05) is 0 Å². The van der Waals surface area contributed by atoms with Gasteiger partial charge in [-0.2, -0.15) is 0 Å². The zero-order valence-electron chi connectivity index (χ0n) is 15.1. The van der Waals surface area contributed by atoms with Gasteiger partial charge in [0.1, 0.15) is 23.7 Å². The van der Waals surface area contributed by atoms with E-state index < -0.39 is 22.3 Å². The zero-order valence-corrected chi connectivity index (χ0v) is 15.1. The lowest BCUT2D eigenvalue weighted by atomic mass is 10.2. The van der Waals surface area contributed by atoms with Crippen LogP contribution in [-0.2, 0) is 9.47 Å². The van der Waals surface area contributed by atoms with E-state index >= 15 is 0 Å². The van der Waals surface area contributed by atoms with Gasteiger partial charge in [0.05, 0.1) is 23.6 Å². The molecular weight excluding hydrogens is 328 g/mol. The first kappa shape index (κ1) is 19.0. The van der Waals surface area contributed by atoms with Gasteiger partial charge in [0, 0.05) is 6.07 Å². The number of rotatable bonds is 4. The second-order valence-corrected chi connectivity index (χ2v) is 7.33. The molecule has 2 rings (SSSR count). The summed E-state index contributed by atoms with van der Waals surface area (Å²) in [4.78, 5) is 24.4. The molecule has 0 radical (unpaired) electrons. The maximum atomic E-state index is 12.5. The summed E-state index contributed by atoms with van der Waals surface area (Å²) in [6.07, 6.45) is -0.484. The van der Waals surface area contributed by atoms with Crippen molar-refractivity contribution in [3.05, 3.63) is 34.4 Å². The van der Waals surface area contributed by atoms with Crippen molar-refractivity contribution in [3.8, 4) is 5.75 Å². The summed E-state index contributed by atoms with van der Waals surface area (Å²) in [6.45, 7) is 9.38. The number of amides is 1. The van der Waals surface area contributed by atoms with Gasteiger partial charge in [0.25, 0.3) is 5.69 Å². The highest BCUT2D eigenvalue weighted by Gasteiger charge is 2.46. The maximum absolute atomic E-state index is 12.5. The fraction of sp³-hybridized carbons (Fsp3) is 0.588.